The largest absolute Gasteiger partial charge is 0.341 e. The standard InChI is InChI=1S/C22H25N7O2/c1-15-18(13-24-22(25-15)28-9-2-3-10-28)21(30)29-11-5-7-17(14-29)20-26-19(27-31-20)16-6-4-8-23-12-16/h4,6,8,12-13,17H,2-3,5,7,9-11,14H2,1H3/t17-/m0/s1. The van der Waals surface area contributed by atoms with Gasteiger partial charge in [0, 0.05) is 50.3 Å². The lowest BCUT2D eigenvalue weighted by molar-refractivity contribution is 0.0694. The first-order valence-electron chi connectivity index (χ1n) is 10.8. The molecule has 0 saturated carbocycles. The van der Waals surface area contributed by atoms with Gasteiger partial charge in [-0.2, -0.15) is 4.98 Å². The summed E-state index contributed by atoms with van der Waals surface area (Å²) >= 11 is 0. The molecule has 2 aliphatic rings. The first-order valence-corrected chi connectivity index (χ1v) is 10.8. The van der Waals surface area contributed by atoms with Crippen LogP contribution in [-0.4, -0.2) is 62.1 Å². The summed E-state index contributed by atoms with van der Waals surface area (Å²) in [5.41, 5.74) is 2.10. The molecule has 1 amide bonds. The molecule has 5 rings (SSSR count). The van der Waals surface area contributed by atoms with Gasteiger partial charge < -0.3 is 14.3 Å². The average Bonchev–Trinajstić information content (AvgIpc) is 3.52. The van der Waals surface area contributed by atoms with Crippen molar-refractivity contribution >= 4 is 11.9 Å². The predicted octanol–water partition coefficient (Wildman–Crippen LogP) is 2.85. The molecule has 3 aromatic rings. The highest BCUT2D eigenvalue weighted by atomic mass is 16.5. The minimum absolute atomic E-state index is 0.0146. The average molecular weight is 419 g/mol. The first-order chi connectivity index (χ1) is 15.2. The zero-order chi connectivity index (χ0) is 21.2. The van der Waals surface area contributed by atoms with E-state index in [1.807, 2.05) is 24.0 Å². The zero-order valence-electron chi connectivity index (χ0n) is 17.6. The van der Waals surface area contributed by atoms with Crippen molar-refractivity contribution < 1.29 is 9.32 Å². The summed E-state index contributed by atoms with van der Waals surface area (Å²) in [6, 6.07) is 3.73. The van der Waals surface area contributed by atoms with Crippen LogP contribution >= 0.6 is 0 Å². The van der Waals surface area contributed by atoms with E-state index in [4.69, 9.17) is 4.52 Å². The third-order valence-corrected chi connectivity index (χ3v) is 6.01. The van der Waals surface area contributed by atoms with Crippen LogP contribution in [0.3, 0.4) is 0 Å². The maximum atomic E-state index is 13.2. The van der Waals surface area contributed by atoms with Crippen LogP contribution in [0.4, 0.5) is 5.95 Å². The maximum absolute atomic E-state index is 13.2. The molecular weight excluding hydrogens is 394 g/mol. The molecule has 5 heterocycles. The van der Waals surface area contributed by atoms with E-state index in [1.165, 1.54) is 0 Å². The second kappa shape index (κ2) is 8.41. The fraction of sp³-hybridized carbons (Fsp3) is 0.455. The third-order valence-electron chi connectivity index (χ3n) is 6.01. The number of hydrogen-bond acceptors (Lipinski definition) is 8. The lowest BCUT2D eigenvalue weighted by Gasteiger charge is -2.31. The monoisotopic (exact) mass is 419 g/mol. The molecule has 0 aromatic carbocycles. The Labute approximate surface area is 180 Å². The molecule has 2 aliphatic heterocycles. The number of carbonyl (C=O) groups is 1. The van der Waals surface area contributed by atoms with Crippen molar-refractivity contribution in [3.63, 3.8) is 0 Å². The van der Waals surface area contributed by atoms with Crippen molar-refractivity contribution in [1.82, 2.24) is 30.0 Å². The molecular formula is C22H25N7O2. The number of aromatic nitrogens is 5. The molecule has 0 aliphatic carbocycles. The Hall–Kier alpha value is -3.36. The predicted molar refractivity (Wildman–Crippen MR) is 114 cm³/mol. The van der Waals surface area contributed by atoms with Crippen molar-refractivity contribution in [3.05, 3.63) is 47.9 Å². The summed E-state index contributed by atoms with van der Waals surface area (Å²) < 4.78 is 5.53. The van der Waals surface area contributed by atoms with Gasteiger partial charge in [-0.15, -0.1) is 0 Å². The van der Waals surface area contributed by atoms with E-state index in [0.29, 0.717) is 30.4 Å². The number of piperidine rings is 1. The van der Waals surface area contributed by atoms with Gasteiger partial charge in [0.05, 0.1) is 17.2 Å². The lowest BCUT2D eigenvalue weighted by Crippen LogP contribution is -2.39. The number of rotatable bonds is 4. The number of hydrogen-bond donors (Lipinski definition) is 0. The number of pyridine rings is 1. The van der Waals surface area contributed by atoms with E-state index in [2.05, 4.69) is 30.0 Å². The number of amides is 1. The number of nitrogens with zero attached hydrogens (tertiary/aromatic N) is 7. The Bertz CT molecular complexity index is 1060. The molecule has 2 saturated heterocycles. The molecule has 9 heteroatoms. The van der Waals surface area contributed by atoms with E-state index in [9.17, 15) is 4.79 Å². The highest BCUT2D eigenvalue weighted by molar-refractivity contribution is 5.95. The minimum atomic E-state index is -0.0397. The van der Waals surface area contributed by atoms with Gasteiger partial charge in [0.2, 0.25) is 17.7 Å². The first kappa shape index (κ1) is 19.6. The van der Waals surface area contributed by atoms with Gasteiger partial charge in [0.15, 0.2) is 0 Å². The molecule has 0 spiro atoms. The van der Waals surface area contributed by atoms with Crippen LogP contribution < -0.4 is 4.90 Å². The minimum Gasteiger partial charge on any atom is -0.341 e. The molecule has 0 unspecified atom stereocenters. The van der Waals surface area contributed by atoms with Gasteiger partial charge >= 0.3 is 0 Å². The Morgan fingerprint density at radius 3 is 2.77 bits per heavy atom. The summed E-state index contributed by atoms with van der Waals surface area (Å²) in [7, 11) is 0. The smallest absolute Gasteiger partial charge is 0.257 e. The number of anilines is 1. The number of aryl methyl sites for hydroxylation is 1. The normalized spacial score (nSPS) is 19.1. The van der Waals surface area contributed by atoms with Crippen molar-refractivity contribution in [2.75, 3.05) is 31.1 Å². The topological polar surface area (TPSA) is 101 Å². The van der Waals surface area contributed by atoms with E-state index in [1.54, 1.807) is 18.6 Å². The molecule has 0 radical (unpaired) electrons. The molecule has 0 bridgehead atoms. The Morgan fingerprint density at radius 2 is 2.00 bits per heavy atom. The molecule has 3 aromatic heterocycles. The van der Waals surface area contributed by atoms with Crippen LogP contribution in [0.25, 0.3) is 11.4 Å². The third kappa shape index (κ3) is 3.99. The van der Waals surface area contributed by atoms with Crippen LogP contribution in [0.5, 0.6) is 0 Å². The van der Waals surface area contributed by atoms with Crippen LogP contribution in [0, 0.1) is 6.92 Å². The van der Waals surface area contributed by atoms with Crippen LogP contribution in [0.15, 0.2) is 35.2 Å². The molecule has 160 valence electrons. The van der Waals surface area contributed by atoms with Crippen molar-refractivity contribution in [2.45, 2.75) is 38.5 Å². The Kier molecular flexibility index (Phi) is 5.31. The van der Waals surface area contributed by atoms with Crippen LogP contribution in [0.1, 0.15) is 53.5 Å². The summed E-state index contributed by atoms with van der Waals surface area (Å²) in [5, 5.41) is 4.10. The second-order valence-electron chi connectivity index (χ2n) is 8.15. The van der Waals surface area contributed by atoms with E-state index in [-0.39, 0.29) is 11.8 Å². The molecule has 1 atom stereocenters. The quantitative estimate of drug-likeness (QED) is 0.636. The Balaban J connectivity index is 1.30. The molecule has 0 N–H and O–H groups in total. The molecule has 31 heavy (non-hydrogen) atoms. The van der Waals surface area contributed by atoms with Crippen LogP contribution in [-0.2, 0) is 0 Å². The SMILES string of the molecule is Cc1nc(N2CCCC2)ncc1C(=O)N1CCC[C@H](c2nc(-c3cccnc3)no2)C1. The van der Waals surface area contributed by atoms with Crippen LogP contribution in [0.2, 0.25) is 0 Å². The summed E-state index contributed by atoms with van der Waals surface area (Å²) in [6.45, 7) is 5.08. The van der Waals surface area contributed by atoms with E-state index >= 15 is 0 Å². The van der Waals surface area contributed by atoms with Gasteiger partial charge in [0.1, 0.15) is 0 Å². The van der Waals surface area contributed by atoms with Crippen molar-refractivity contribution in [1.29, 1.82) is 0 Å². The number of carbonyl (C=O) groups excluding carboxylic acids is 1. The molecule has 2 fully saturated rings. The summed E-state index contributed by atoms with van der Waals surface area (Å²) in [4.78, 5) is 35.0. The van der Waals surface area contributed by atoms with Gasteiger partial charge in [-0.05, 0) is 44.7 Å². The maximum Gasteiger partial charge on any atom is 0.257 e. The second-order valence-corrected chi connectivity index (χ2v) is 8.15. The lowest BCUT2D eigenvalue weighted by atomic mass is 9.97. The highest BCUT2D eigenvalue weighted by Gasteiger charge is 2.30. The fourth-order valence-corrected chi connectivity index (χ4v) is 4.28. The van der Waals surface area contributed by atoms with E-state index < -0.39 is 0 Å². The number of likely N-dealkylation sites (tertiary alicyclic amines) is 1. The molecule has 9 nitrogen and oxygen atoms in total. The van der Waals surface area contributed by atoms with Gasteiger partial charge in [0.25, 0.3) is 5.91 Å². The van der Waals surface area contributed by atoms with Crippen molar-refractivity contribution in [3.8, 4) is 11.4 Å². The van der Waals surface area contributed by atoms with E-state index in [0.717, 1.165) is 56.0 Å². The van der Waals surface area contributed by atoms with Gasteiger partial charge in [-0.3, -0.25) is 9.78 Å². The van der Waals surface area contributed by atoms with Gasteiger partial charge in [-0.25, -0.2) is 9.97 Å². The summed E-state index contributed by atoms with van der Waals surface area (Å²) in [6.07, 6.45) is 9.20. The summed E-state index contributed by atoms with van der Waals surface area (Å²) in [5.74, 6) is 1.78. The van der Waals surface area contributed by atoms with Crippen molar-refractivity contribution in [2.24, 2.45) is 0 Å². The fourth-order valence-electron chi connectivity index (χ4n) is 4.28. The Morgan fingerprint density at radius 1 is 1.13 bits per heavy atom. The highest BCUT2D eigenvalue weighted by Crippen LogP contribution is 2.28. The van der Waals surface area contributed by atoms with Gasteiger partial charge in [-0.1, -0.05) is 5.16 Å². The zero-order valence-corrected chi connectivity index (χ0v) is 17.6.